The van der Waals surface area contributed by atoms with Crippen molar-refractivity contribution in [1.29, 1.82) is 0 Å². The summed E-state index contributed by atoms with van der Waals surface area (Å²) in [4.78, 5) is 4.20. The third kappa shape index (κ3) is 6.15. The standard InChI is InChI=1S/C65H42F2N2/c66-57-33-15-19-37-61(57)68(59-35-17-11-25-46(59)43-21-3-1-4-22-43)45-39-40-52-55(41-45)65(53-31-13-9-27-48(53)49-28-10-14-32-54(49)65)56-42-63(50-29-7-8-30-51(50)64(52)56)69(62-38-20-16-34-58(62)67)60-36-18-12-26-47(60)44-23-5-2-6-24-44/h1-42H. The number of hydrogen-bond acceptors (Lipinski definition) is 2. The van der Waals surface area contributed by atoms with E-state index >= 15 is 8.78 Å². The van der Waals surface area contributed by atoms with Crippen molar-refractivity contribution in [2.24, 2.45) is 0 Å². The largest absolute Gasteiger partial charge is 0.307 e. The van der Waals surface area contributed by atoms with Gasteiger partial charge in [0.15, 0.2) is 0 Å². The number of para-hydroxylation sites is 4. The minimum atomic E-state index is -0.827. The molecule has 2 aliphatic carbocycles. The molecule has 0 N–H and O–H groups in total. The molecule has 1 spiro atoms. The Morgan fingerprint density at radius 3 is 1.28 bits per heavy atom. The second-order valence-corrected chi connectivity index (χ2v) is 17.8. The van der Waals surface area contributed by atoms with Gasteiger partial charge in [-0.3, -0.25) is 0 Å². The van der Waals surface area contributed by atoms with Crippen LogP contribution in [0.15, 0.2) is 255 Å². The van der Waals surface area contributed by atoms with Crippen LogP contribution >= 0.6 is 0 Å². The molecular weight excluding hydrogens is 847 g/mol. The maximum Gasteiger partial charge on any atom is 0.147 e. The second-order valence-electron chi connectivity index (χ2n) is 17.8. The van der Waals surface area contributed by atoms with Crippen molar-refractivity contribution in [2.75, 3.05) is 9.80 Å². The van der Waals surface area contributed by atoms with Crippen LogP contribution in [0.3, 0.4) is 0 Å². The third-order valence-corrected chi connectivity index (χ3v) is 14.2. The fourth-order valence-corrected chi connectivity index (χ4v) is 11.4. The zero-order valence-corrected chi connectivity index (χ0v) is 37.4. The van der Waals surface area contributed by atoms with Gasteiger partial charge in [0, 0.05) is 22.2 Å². The molecule has 0 heterocycles. The van der Waals surface area contributed by atoms with E-state index < -0.39 is 5.41 Å². The Bertz CT molecular complexity index is 3740. The predicted octanol–water partition coefficient (Wildman–Crippen LogP) is 17.7. The average Bonchev–Trinajstić information content (AvgIpc) is 3.88. The molecule has 4 heteroatoms. The number of nitrogens with zero attached hydrogens (tertiary/aromatic N) is 2. The maximum absolute atomic E-state index is 16.8. The van der Waals surface area contributed by atoms with Crippen molar-refractivity contribution >= 4 is 44.9 Å². The highest BCUT2D eigenvalue weighted by atomic mass is 19.1. The van der Waals surface area contributed by atoms with Gasteiger partial charge in [-0.1, -0.05) is 200 Å². The van der Waals surface area contributed by atoms with Gasteiger partial charge in [0.1, 0.15) is 11.6 Å². The van der Waals surface area contributed by atoms with Crippen LogP contribution in [0, 0.1) is 11.6 Å². The normalized spacial score (nSPS) is 12.6. The molecule has 0 fully saturated rings. The maximum atomic E-state index is 16.8. The molecule has 0 bridgehead atoms. The molecule has 0 unspecified atom stereocenters. The number of fused-ring (bicyclic) bond motifs is 12. The Balaban J connectivity index is 1.14. The number of hydrogen-bond donors (Lipinski definition) is 0. The first-order valence-corrected chi connectivity index (χ1v) is 23.4. The quantitative estimate of drug-likeness (QED) is 0.150. The van der Waals surface area contributed by atoms with E-state index in [1.165, 1.54) is 6.07 Å². The van der Waals surface area contributed by atoms with E-state index in [9.17, 15) is 0 Å². The molecule has 69 heavy (non-hydrogen) atoms. The van der Waals surface area contributed by atoms with Crippen LogP contribution in [-0.2, 0) is 5.41 Å². The fourth-order valence-electron chi connectivity index (χ4n) is 11.4. The monoisotopic (exact) mass is 888 g/mol. The van der Waals surface area contributed by atoms with Gasteiger partial charge in [0.25, 0.3) is 0 Å². The first kappa shape index (κ1) is 40.4. The van der Waals surface area contributed by atoms with Crippen LogP contribution in [0.25, 0.3) is 55.3 Å². The third-order valence-electron chi connectivity index (χ3n) is 14.2. The van der Waals surface area contributed by atoms with Gasteiger partial charge in [-0.2, -0.15) is 0 Å². The summed E-state index contributed by atoms with van der Waals surface area (Å²) in [6.45, 7) is 0. The van der Waals surface area contributed by atoms with Crippen molar-refractivity contribution in [3.63, 3.8) is 0 Å². The molecule has 0 aromatic heterocycles. The van der Waals surface area contributed by atoms with Crippen molar-refractivity contribution < 1.29 is 8.78 Å². The SMILES string of the molecule is Fc1ccccc1N(c1ccc2c(c1)C1(c3ccccc3-c3ccccc31)c1cc(N(c3ccccc3F)c3ccccc3-c3ccccc3)c3ccccc3c1-2)c1ccccc1-c1ccccc1. The number of benzene rings is 11. The Morgan fingerprint density at radius 1 is 0.275 bits per heavy atom. The Hall–Kier alpha value is -8.86. The smallest absolute Gasteiger partial charge is 0.147 e. The van der Waals surface area contributed by atoms with Gasteiger partial charge < -0.3 is 9.80 Å². The van der Waals surface area contributed by atoms with Gasteiger partial charge in [-0.15, -0.1) is 0 Å². The van der Waals surface area contributed by atoms with Crippen molar-refractivity contribution in [1.82, 2.24) is 0 Å². The molecule has 2 aliphatic rings. The molecule has 0 radical (unpaired) electrons. The molecule has 13 rings (SSSR count). The lowest BCUT2D eigenvalue weighted by molar-refractivity contribution is 0.628. The van der Waals surface area contributed by atoms with Gasteiger partial charge >= 0.3 is 0 Å². The summed E-state index contributed by atoms with van der Waals surface area (Å²) in [5.74, 6) is -0.650. The summed E-state index contributed by atoms with van der Waals surface area (Å²) in [6, 6.07) is 86.4. The Labute approximate surface area is 400 Å². The highest BCUT2D eigenvalue weighted by Crippen LogP contribution is 2.65. The molecular formula is C65H42F2N2. The van der Waals surface area contributed by atoms with Crippen molar-refractivity contribution in [3.05, 3.63) is 289 Å². The first-order chi connectivity index (χ1) is 34.1. The summed E-state index contributed by atoms with van der Waals surface area (Å²) >= 11 is 0. The van der Waals surface area contributed by atoms with E-state index in [4.69, 9.17) is 0 Å². The van der Waals surface area contributed by atoms with Gasteiger partial charge in [-0.05, 0) is 116 Å². The molecule has 0 saturated carbocycles. The summed E-state index contributed by atoms with van der Waals surface area (Å²) in [7, 11) is 0. The van der Waals surface area contributed by atoms with Crippen molar-refractivity contribution in [2.45, 2.75) is 5.41 Å². The highest BCUT2D eigenvalue weighted by molar-refractivity contribution is 6.13. The second kappa shape index (κ2) is 16.2. The highest BCUT2D eigenvalue weighted by Gasteiger charge is 2.53. The van der Waals surface area contributed by atoms with Gasteiger partial charge in [0.2, 0.25) is 0 Å². The van der Waals surface area contributed by atoms with Crippen LogP contribution in [0.4, 0.5) is 42.9 Å². The minimum Gasteiger partial charge on any atom is -0.307 e. The van der Waals surface area contributed by atoms with E-state index in [1.807, 2.05) is 84.9 Å². The summed E-state index contributed by atoms with van der Waals surface area (Å²) in [6.07, 6.45) is 0. The lowest BCUT2D eigenvalue weighted by Crippen LogP contribution is -2.27. The minimum absolute atomic E-state index is 0.324. The summed E-state index contributed by atoms with van der Waals surface area (Å²) in [5, 5.41) is 2.04. The van der Waals surface area contributed by atoms with Crippen LogP contribution in [0.2, 0.25) is 0 Å². The lowest BCUT2D eigenvalue weighted by atomic mass is 9.70. The molecule has 11 aromatic rings. The molecule has 0 saturated heterocycles. The van der Waals surface area contributed by atoms with E-state index in [2.05, 4.69) is 155 Å². The molecule has 0 aliphatic heterocycles. The Morgan fingerprint density at radius 2 is 0.710 bits per heavy atom. The van der Waals surface area contributed by atoms with Crippen LogP contribution < -0.4 is 9.80 Å². The van der Waals surface area contributed by atoms with E-state index in [0.29, 0.717) is 11.4 Å². The summed E-state index contributed by atoms with van der Waals surface area (Å²) < 4.78 is 33.4. The molecule has 2 nitrogen and oxygen atoms in total. The van der Waals surface area contributed by atoms with Crippen molar-refractivity contribution in [3.8, 4) is 44.5 Å². The zero-order chi connectivity index (χ0) is 46.1. The van der Waals surface area contributed by atoms with Crippen LogP contribution in [-0.4, -0.2) is 0 Å². The van der Waals surface area contributed by atoms with Crippen LogP contribution in [0.1, 0.15) is 22.3 Å². The number of halogens is 2. The number of rotatable bonds is 8. The lowest BCUT2D eigenvalue weighted by Gasteiger charge is -2.34. The molecule has 0 amide bonds. The van der Waals surface area contributed by atoms with Gasteiger partial charge in [0.05, 0.1) is 33.9 Å². The topological polar surface area (TPSA) is 6.48 Å². The first-order valence-electron chi connectivity index (χ1n) is 23.4. The Kier molecular flexibility index (Phi) is 9.48. The zero-order valence-electron chi connectivity index (χ0n) is 37.4. The predicted molar refractivity (Wildman–Crippen MR) is 280 cm³/mol. The molecule has 11 aromatic carbocycles. The van der Waals surface area contributed by atoms with Gasteiger partial charge in [-0.25, -0.2) is 8.78 Å². The van der Waals surface area contributed by atoms with Crippen LogP contribution in [0.5, 0.6) is 0 Å². The van der Waals surface area contributed by atoms with E-state index in [1.54, 1.807) is 18.2 Å². The van der Waals surface area contributed by atoms with E-state index in [-0.39, 0.29) is 11.6 Å². The van der Waals surface area contributed by atoms with E-state index in [0.717, 1.165) is 100 Å². The molecule has 0 atom stereocenters. The number of anilines is 6. The summed E-state index contributed by atoms with van der Waals surface area (Å²) in [5.41, 5.74) is 16.5. The molecule has 326 valence electrons. The fraction of sp³-hybridized carbons (Fsp3) is 0.0154. The average molecular weight is 889 g/mol.